The molecule has 2 fully saturated rings. The summed E-state index contributed by atoms with van der Waals surface area (Å²) in [6, 6.07) is 11.6. The maximum Gasteiger partial charge on any atom is 0.212 e. The number of likely N-dealkylation sites (tertiary alicyclic amines) is 1. The number of rotatable bonds is 5. The van der Waals surface area contributed by atoms with Crippen LogP contribution in [-0.2, 0) is 11.8 Å². The molecule has 3 aromatic heterocycles. The van der Waals surface area contributed by atoms with Gasteiger partial charge in [-0.1, -0.05) is 30.3 Å². The number of amides is 1. The van der Waals surface area contributed by atoms with Gasteiger partial charge in [-0.15, -0.1) is 0 Å². The van der Waals surface area contributed by atoms with E-state index in [1.807, 2.05) is 43.6 Å². The Kier molecular flexibility index (Phi) is 5.93. The number of nitrogens with zero attached hydrogens (tertiary/aromatic N) is 6. The van der Waals surface area contributed by atoms with E-state index in [0.717, 1.165) is 28.7 Å². The molecule has 1 N–H and O–H groups in total. The molecule has 0 bridgehead atoms. The molecule has 34 heavy (non-hydrogen) atoms. The van der Waals surface area contributed by atoms with Crippen molar-refractivity contribution in [2.75, 3.05) is 32.6 Å². The van der Waals surface area contributed by atoms with Crippen molar-refractivity contribution in [3.05, 3.63) is 48.9 Å². The van der Waals surface area contributed by atoms with Crippen LogP contribution < -0.4 is 10.1 Å². The van der Waals surface area contributed by atoms with Crippen LogP contribution in [0.2, 0.25) is 0 Å². The zero-order valence-corrected chi connectivity index (χ0v) is 19.5. The van der Waals surface area contributed by atoms with Crippen LogP contribution in [0.25, 0.3) is 33.5 Å². The number of benzene rings is 1. The first-order valence-corrected chi connectivity index (χ1v) is 11.2. The molecule has 6 rings (SSSR count). The largest absolute Gasteiger partial charge is 0.493 e. The van der Waals surface area contributed by atoms with Gasteiger partial charge in [-0.2, -0.15) is 5.10 Å². The van der Waals surface area contributed by atoms with Crippen LogP contribution in [0, 0.1) is 11.8 Å². The summed E-state index contributed by atoms with van der Waals surface area (Å²) >= 11 is 0. The summed E-state index contributed by atoms with van der Waals surface area (Å²) in [5.74, 6) is 2.96. The molecular formula is C25H27N7O2. The van der Waals surface area contributed by atoms with Gasteiger partial charge < -0.3 is 15.0 Å². The molecule has 1 saturated heterocycles. The molecule has 2 unspecified atom stereocenters. The summed E-state index contributed by atoms with van der Waals surface area (Å²) < 4.78 is 7.02. The minimum atomic E-state index is 0.307. The van der Waals surface area contributed by atoms with E-state index in [9.17, 15) is 4.79 Å². The number of pyridine rings is 1. The predicted octanol–water partition coefficient (Wildman–Crippen LogP) is 3.24. The lowest BCUT2D eigenvalue weighted by atomic mass is 10.0. The van der Waals surface area contributed by atoms with Crippen molar-refractivity contribution in [3.63, 3.8) is 0 Å². The number of piperidine rings is 1. The fraction of sp³-hybridized carbons (Fsp3) is 0.320. The van der Waals surface area contributed by atoms with E-state index in [2.05, 4.69) is 37.3 Å². The fourth-order valence-corrected chi connectivity index (χ4v) is 4.58. The molecule has 1 saturated carbocycles. The first-order chi connectivity index (χ1) is 16.6. The maximum atomic E-state index is 10.9. The van der Waals surface area contributed by atoms with Crippen molar-refractivity contribution in [3.8, 4) is 28.3 Å². The zero-order valence-electron chi connectivity index (χ0n) is 19.5. The number of hydrogen-bond donors (Lipinski definition) is 1. The summed E-state index contributed by atoms with van der Waals surface area (Å²) in [5, 5.41) is 7.14. The highest BCUT2D eigenvalue weighted by Gasteiger charge is 2.43. The molecular weight excluding hydrogens is 430 g/mol. The maximum absolute atomic E-state index is 10.9. The SMILES string of the molecule is CN1CC2CC2C1.COc1cc2ncnc(-c3cn(C)nc3-c3ccccc3)c2nc1NC=O. The van der Waals surface area contributed by atoms with Crippen molar-refractivity contribution in [2.24, 2.45) is 18.9 Å². The van der Waals surface area contributed by atoms with Gasteiger partial charge in [0.2, 0.25) is 6.41 Å². The Balaban J connectivity index is 0.000000290. The number of carbonyl (C=O) groups is 1. The first kappa shape index (κ1) is 22.0. The molecule has 9 heteroatoms. The normalized spacial score (nSPS) is 18.7. The second-order valence-electron chi connectivity index (χ2n) is 8.80. The predicted molar refractivity (Wildman–Crippen MR) is 130 cm³/mol. The van der Waals surface area contributed by atoms with Crippen molar-refractivity contribution in [2.45, 2.75) is 6.42 Å². The third kappa shape index (κ3) is 4.34. The van der Waals surface area contributed by atoms with Crippen LogP contribution >= 0.6 is 0 Å². The minimum Gasteiger partial charge on any atom is -0.493 e. The molecule has 0 radical (unpaired) electrons. The lowest BCUT2D eigenvalue weighted by Crippen LogP contribution is -2.15. The lowest BCUT2D eigenvalue weighted by molar-refractivity contribution is -0.105. The van der Waals surface area contributed by atoms with Gasteiger partial charge in [0.25, 0.3) is 0 Å². The van der Waals surface area contributed by atoms with Crippen LogP contribution in [0.3, 0.4) is 0 Å². The number of aryl methyl sites for hydroxylation is 1. The van der Waals surface area contributed by atoms with Gasteiger partial charge in [-0.05, 0) is 25.3 Å². The van der Waals surface area contributed by atoms with E-state index in [4.69, 9.17) is 4.74 Å². The molecule has 1 aromatic carbocycles. The molecule has 0 spiro atoms. The molecule has 1 aliphatic heterocycles. The third-order valence-corrected chi connectivity index (χ3v) is 6.28. The standard InChI is InChI=1S/C19H16N6O2.C6H11N/c1-25-9-13(16(24-25)12-6-4-3-5-7-12)17-18-14(20-10-21-17)8-15(27-2)19(23-18)22-11-26;1-7-3-5-2-6(5)4-7/h3-11H,1-2H3,(H,22,23,26);5-6H,2-4H2,1H3. The Morgan fingerprint density at radius 1 is 1.09 bits per heavy atom. The quantitative estimate of drug-likeness (QED) is 0.460. The molecule has 2 aliphatic rings. The number of anilines is 1. The summed E-state index contributed by atoms with van der Waals surface area (Å²) in [6.07, 6.45) is 5.46. The third-order valence-electron chi connectivity index (χ3n) is 6.28. The van der Waals surface area contributed by atoms with E-state index < -0.39 is 0 Å². The van der Waals surface area contributed by atoms with Crippen LogP contribution in [-0.4, -0.2) is 63.3 Å². The Morgan fingerprint density at radius 3 is 2.50 bits per heavy atom. The highest BCUT2D eigenvalue weighted by molar-refractivity contribution is 5.95. The average molecular weight is 458 g/mol. The number of carbonyl (C=O) groups excluding carboxylic acids is 1. The molecule has 1 amide bonds. The van der Waals surface area contributed by atoms with Gasteiger partial charge in [0.15, 0.2) is 11.6 Å². The number of aromatic nitrogens is 5. The number of nitrogens with one attached hydrogen (secondary N) is 1. The topological polar surface area (TPSA) is 98.1 Å². The molecule has 4 heterocycles. The Hall–Kier alpha value is -3.85. The second-order valence-corrected chi connectivity index (χ2v) is 8.80. The number of ether oxygens (including phenoxy) is 1. The molecule has 9 nitrogen and oxygen atoms in total. The monoisotopic (exact) mass is 457 g/mol. The molecule has 2 atom stereocenters. The van der Waals surface area contributed by atoms with Gasteiger partial charge in [-0.25, -0.2) is 15.0 Å². The summed E-state index contributed by atoms with van der Waals surface area (Å²) in [4.78, 5) is 26.6. The lowest BCUT2D eigenvalue weighted by Gasteiger charge is -2.10. The van der Waals surface area contributed by atoms with Gasteiger partial charge in [0.1, 0.15) is 23.2 Å². The zero-order chi connectivity index (χ0) is 23.7. The second kappa shape index (κ2) is 9.18. The van der Waals surface area contributed by atoms with Crippen LogP contribution in [0.15, 0.2) is 48.9 Å². The van der Waals surface area contributed by atoms with E-state index in [1.165, 1.54) is 32.9 Å². The summed E-state index contributed by atoms with van der Waals surface area (Å²) in [7, 11) is 5.58. The molecule has 174 valence electrons. The van der Waals surface area contributed by atoms with Crippen LogP contribution in [0.1, 0.15) is 6.42 Å². The fourth-order valence-electron chi connectivity index (χ4n) is 4.58. The Morgan fingerprint density at radius 2 is 1.85 bits per heavy atom. The van der Waals surface area contributed by atoms with Crippen LogP contribution in [0.5, 0.6) is 5.75 Å². The van der Waals surface area contributed by atoms with E-state index in [-0.39, 0.29) is 0 Å². The van der Waals surface area contributed by atoms with E-state index in [1.54, 1.807) is 10.7 Å². The van der Waals surface area contributed by atoms with Crippen LogP contribution in [0.4, 0.5) is 5.82 Å². The highest BCUT2D eigenvalue weighted by atomic mass is 16.5. The van der Waals surface area contributed by atoms with Gasteiger partial charge in [0.05, 0.1) is 12.6 Å². The minimum absolute atomic E-state index is 0.307. The van der Waals surface area contributed by atoms with Crippen molar-refractivity contribution in [1.82, 2.24) is 29.6 Å². The summed E-state index contributed by atoms with van der Waals surface area (Å²) in [6.45, 7) is 2.76. The number of methoxy groups -OCH3 is 1. The summed E-state index contributed by atoms with van der Waals surface area (Å²) in [5.41, 5.74) is 4.37. The number of hydrogen-bond acceptors (Lipinski definition) is 7. The number of fused-ring (bicyclic) bond motifs is 2. The van der Waals surface area contributed by atoms with Crippen molar-refractivity contribution in [1.29, 1.82) is 0 Å². The van der Waals surface area contributed by atoms with Crippen molar-refractivity contribution >= 4 is 23.3 Å². The van der Waals surface area contributed by atoms with E-state index in [0.29, 0.717) is 34.7 Å². The highest BCUT2D eigenvalue weighted by Crippen LogP contribution is 2.44. The average Bonchev–Trinajstić information content (AvgIpc) is 3.27. The first-order valence-electron chi connectivity index (χ1n) is 11.2. The molecule has 1 aliphatic carbocycles. The Bertz CT molecular complexity index is 1310. The van der Waals surface area contributed by atoms with Crippen molar-refractivity contribution < 1.29 is 9.53 Å². The van der Waals surface area contributed by atoms with E-state index >= 15 is 0 Å². The van der Waals surface area contributed by atoms with Gasteiger partial charge >= 0.3 is 0 Å². The van der Waals surface area contributed by atoms with Gasteiger partial charge in [-0.3, -0.25) is 9.48 Å². The van der Waals surface area contributed by atoms with Gasteiger partial charge in [0, 0.05) is 43.5 Å². The Labute approximate surface area is 197 Å². The smallest absolute Gasteiger partial charge is 0.212 e. The molecule has 4 aromatic rings.